The van der Waals surface area contributed by atoms with Crippen LogP contribution in [-0.4, -0.2) is 27.9 Å². The molecule has 1 N–H and O–H groups in total. The summed E-state index contributed by atoms with van der Waals surface area (Å²) in [7, 11) is 0. The van der Waals surface area contributed by atoms with Gasteiger partial charge in [-0.25, -0.2) is 4.68 Å². The molecular formula is C18H31N3O2. The normalized spacial score (nSPS) is 23.5. The van der Waals surface area contributed by atoms with Crippen molar-refractivity contribution >= 4 is 11.7 Å². The smallest absolute Gasteiger partial charge is 0.254 e. The summed E-state index contributed by atoms with van der Waals surface area (Å²) in [6.45, 7) is 10.4. The van der Waals surface area contributed by atoms with Crippen molar-refractivity contribution in [2.24, 2.45) is 5.92 Å². The summed E-state index contributed by atoms with van der Waals surface area (Å²) in [5, 5.41) is 7.30. The molecule has 2 rings (SSSR count). The molecular weight excluding hydrogens is 290 g/mol. The Morgan fingerprint density at radius 1 is 1.48 bits per heavy atom. The van der Waals surface area contributed by atoms with E-state index in [1.165, 1.54) is 12.8 Å². The summed E-state index contributed by atoms with van der Waals surface area (Å²) in [5.41, 5.74) is -0.173. The number of amides is 1. The van der Waals surface area contributed by atoms with Gasteiger partial charge in [0.15, 0.2) is 0 Å². The van der Waals surface area contributed by atoms with Crippen LogP contribution in [-0.2, 0) is 15.1 Å². The van der Waals surface area contributed by atoms with Crippen LogP contribution in [0.1, 0.15) is 66.7 Å². The highest BCUT2D eigenvalue weighted by molar-refractivity contribution is 5.93. The van der Waals surface area contributed by atoms with E-state index in [1.807, 2.05) is 17.7 Å². The number of nitrogens with zero attached hydrogens (tertiary/aromatic N) is 2. The average molecular weight is 321 g/mol. The van der Waals surface area contributed by atoms with E-state index in [0.717, 1.165) is 18.7 Å². The highest BCUT2D eigenvalue weighted by Crippen LogP contribution is 2.27. The molecule has 3 atom stereocenters. The lowest BCUT2D eigenvalue weighted by atomic mass is 9.88. The Balaban J connectivity index is 1.99. The zero-order valence-electron chi connectivity index (χ0n) is 15.1. The third-order valence-electron chi connectivity index (χ3n) is 4.44. The van der Waals surface area contributed by atoms with Gasteiger partial charge in [0.05, 0.1) is 17.8 Å². The van der Waals surface area contributed by atoms with E-state index in [0.29, 0.717) is 12.3 Å². The SMILES string of the molecule is CCC(OC1CCCC(C)C1)C(=O)Nc1ccnn1C(C)(C)C. The zero-order chi connectivity index (χ0) is 17.0. The first kappa shape index (κ1) is 18.0. The number of aromatic nitrogens is 2. The number of carbonyl (C=O) groups excluding carboxylic acids is 1. The van der Waals surface area contributed by atoms with E-state index in [1.54, 1.807) is 6.20 Å². The lowest BCUT2D eigenvalue weighted by Gasteiger charge is -2.30. The van der Waals surface area contributed by atoms with E-state index in [9.17, 15) is 4.79 Å². The van der Waals surface area contributed by atoms with Gasteiger partial charge in [-0.05, 0) is 46.0 Å². The van der Waals surface area contributed by atoms with Crippen molar-refractivity contribution in [2.45, 2.75) is 84.5 Å². The Labute approximate surface area is 139 Å². The van der Waals surface area contributed by atoms with Gasteiger partial charge in [0.2, 0.25) is 0 Å². The van der Waals surface area contributed by atoms with E-state index < -0.39 is 6.10 Å². The molecule has 130 valence electrons. The monoisotopic (exact) mass is 321 g/mol. The van der Waals surface area contributed by atoms with Crippen LogP contribution in [0.25, 0.3) is 0 Å². The topological polar surface area (TPSA) is 56.1 Å². The second-order valence-corrected chi connectivity index (χ2v) is 7.72. The molecule has 0 bridgehead atoms. The van der Waals surface area contributed by atoms with Crippen molar-refractivity contribution in [1.82, 2.24) is 9.78 Å². The van der Waals surface area contributed by atoms with Gasteiger partial charge in [0, 0.05) is 6.07 Å². The third kappa shape index (κ3) is 4.80. The molecule has 23 heavy (non-hydrogen) atoms. The molecule has 1 saturated carbocycles. The van der Waals surface area contributed by atoms with Gasteiger partial charge in [-0.1, -0.05) is 26.7 Å². The van der Waals surface area contributed by atoms with Crippen molar-refractivity contribution in [3.63, 3.8) is 0 Å². The summed E-state index contributed by atoms with van der Waals surface area (Å²) < 4.78 is 7.94. The van der Waals surface area contributed by atoms with Gasteiger partial charge >= 0.3 is 0 Å². The van der Waals surface area contributed by atoms with E-state index in [-0.39, 0.29) is 17.6 Å². The predicted octanol–water partition coefficient (Wildman–Crippen LogP) is 3.95. The molecule has 3 unspecified atom stereocenters. The molecule has 5 heteroatoms. The van der Waals surface area contributed by atoms with Crippen LogP contribution in [0.4, 0.5) is 5.82 Å². The molecule has 0 saturated heterocycles. The second-order valence-electron chi connectivity index (χ2n) is 7.72. The van der Waals surface area contributed by atoms with Gasteiger partial charge in [0.1, 0.15) is 11.9 Å². The summed E-state index contributed by atoms with van der Waals surface area (Å²) in [5.74, 6) is 1.34. The molecule has 1 aliphatic rings. The number of nitrogens with one attached hydrogen (secondary N) is 1. The maximum absolute atomic E-state index is 12.6. The number of hydrogen-bond donors (Lipinski definition) is 1. The Kier molecular flexibility index (Phi) is 5.84. The molecule has 1 fully saturated rings. The van der Waals surface area contributed by atoms with Crippen molar-refractivity contribution in [2.75, 3.05) is 5.32 Å². The highest BCUT2D eigenvalue weighted by Gasteiger charge is 2.27. The summed E-state index contributed by atoms with van der Waals surface area (Å²) >= 11 is 0. The zero-order valence-corrected chi connectivity index (χ0v) is 15.1. The standard InChI is InChI=1S/C18H31N3O2/c1-6-15(23-14-9-7-8-13(2)12-14)17(22)20-16-10-11-19-21(16)18(3,4)5/h10-11,13-15H,6-9,12H2,1-5H3,(H,20,22). The maximum atomic E-state index is 12.6. The predicted molar refractivity (Wildman–Crippen MR) is 92.4 cm³/mol. The van der Waals surface area contributed by atoms with Crippen LogP contribution >= 0.6 is 0 Å². The minimum atomic E-state index is -0.395. The van der Waals surface area contributed by atoms with Gasteiger partial charge in [-0.3, -0.25) is 4.79 Å². The third-order valence-corrected chi connectivity index (χ3v) is 4.44. The molecule has 1 aromatic rings. The number of carbonyl (C=O) groups is 1. The average Bonchev–Trinajstić information content (AvgIpc) is 2.93. The first-order valence-electron chi connectivity index (χ1n) is 8.82. The highest BCUT2D eigenvalue weighted by atomic mass is 16.5. The molecule has 1 aliphatic carbocycles. The van der Waals surface area contributed by atoms with Crippen molar-refractivity contribution in [3.05, 3.63) is 12.3 Å². The molecule has 1 amide bonds. The quantitative estimate of drug-likeness (QED) is 0.893. The lowest BCUT2D eigenvalue weighted by Crippen LogP contribution is -2.36. The maximum Gasteiger partial charge on any atom is 0.254 e. The van der Waals surface area contributed by atoms with Crippen molar-refractivity contribution in [1.29, 1.82) is 0 Å². The summed E-state index contributed by atoms with van der Waals surface area (Å²) in [4.78, 5) is 12.6. The van der Waals surface area contributed by atoms with Gasteiger partial charge < -0.3 is 10.1 Å². The number of rotatable bonds is 5. The molecule has 0 aromatic carbocycles. The number of anilines is 1. The second kappa shape index (κ2) is 7.47. The molecule has 0 radical (unpaired) electrons. The van der Waals surface area contributed by atoms with Crippen molar-refractivity contribution in [3.8, 4) is 0 Å². The minimum Gasteiger partial charge on any atom is -0.365 e. The molecule has 1 aromatic heterocycles. The van der Waals surface area contributed by atoms with Gasteiger partial charge in [0.25, 0.3) is 5.91 Å². The van der Waals surface area contributed by atoms with Crippen LogP contribution in [0.2, 0.25) is 0 Å². The van der Waals surface area contributed by atoms with Crippen LogP contribution < -0.4 is 5.32 Å². The fourth-order valence-corrected chi connectivity index (χ4v) is 3.22. The van der Waals surface area contributed by atoms with Crippen LogP contribution in [0.15, 0.2) is 12.3 Å². The Morgan fingerprint density at radius 3 is 2.83 bits per heavy atom. The largest absolute Gasteiger partial charge is 0.365 e. The molecule has 0 aliphatic heterocycles. The van der Waals surface area contributed by atoms with Gasteiger partial charge in [-0.15, -0.1) is 0 Å². The lowest BCUT2D eigenvalue weighted by molar-refractivity contribution is -0.133. The Hall–Kier alpha value is -1.36. The first-order chi connectivity index (χ1) is 10.8. The van der Waals surface area contributed by atoms with Gasteiger partial charge in [-0.2, -0.15) is 5.10 Å². The fraction of sp³-hybridized carbons (Fsp3) is 0.778. The first-order valence-corrected chi connectivity index (χ1v) is 8.82. The van der Waals surface area contributed by atoms with E-state index in [2.05, 4.69) is 38.1 Å². The molecule has 1 heterocycles. The number of hydrogen-bond acceptors (Lipinski definition) is 3. The molecule has 0 spiro atoms. The van der Waals surface area contributed by atoms with E-state index in [4.69, 9.17) is 4.74 Å². The summed E-state index contributed by atoms with van der Waals surface area (Å²) in [6, 6.07) is 1.83. The summed E-state index contributed by atoms with van der Waals surface area (Å²) in [6.07, 6.45) is 6.80. The molecule has 5 nitrogen and oxygen atoms in total. The minimum absolute atomic E-state index is 0.0725. The fourth-order valence-electron chi connectivity index (χ4n) is 3.22. The number of ether oxygens (including phenoxy) is 1. The van der Waals surface area contributed by atoms with Crippen LogP contribution in [0, 0.1) is 5.92 Å². The van der Waals surface area contributed by atoms with Crippen LogP contribution in [0.5, 0.6) is 0 Å². The van der Waals surface area contributed by atoms with Crippen LogP contribution in [0.3, 0.4) is 0 Å². The van der Waals surface area contributed by atoms with Crippen molar-refractivity contribution < 1.29 is 9.53 Å². The Bertz CT molecular complexity index is 519. The Morgan fingerprint density at radius 2 is 2.22 bits per heavy atom. The van der Waals surface area contributed by atoms with E-state index >= 15 is 0 Å².